The molecule has 2 unspecified atom stereocenters. The number of ether oxygens (including phenoxy) is 1. The van der Waals surface area contributed by atoms with Crippen molar-refractivity contribution in [3.8, 4) is 5.75 Å². The number of nitrogens with one attached hydrogen (secondary N) is 1. The number of benzene rings is 2. The Morgan fingerprint density at radius 1 is 1.23 bits per heavy atom. The fraction of sp³-hybridized carbons (Fsp3) is 0.391. The summed E-state index contributed by atoms with van der Waals surface area (Å²) < 4.78 is 5.24. The highest BCUT2D eigenvalue weighted by molar-refractivity contribution is 5.99. The number of anilines is 2. The van der Waals surface area contributed by atoms with Gasteiger partial charge in [-0.1, -0.05) is 38.5 Å². The van der Waals surface area contributed by atoms with Crippen molar-refractivity contribution in [3.63, 3.8) is 0 Å². The Morgan fingerprint density at radius 2 is 2.00 bits per heavy atom. The third-order valence-corrected chi connectivity index (χ3v) is 5.60. The van der Waals surface area contributed by atoms with Crippen LogP contribution < -0.4 is 20.7 Å². The molecule has 2 aromatic carbocycles. The largest absolute Gasteiger partial charge is 0.497 e. The van der Waals surface area contributed by atoms with Gasteiger partial charge in [0.25, 0.3) is 0 Å². The maximum absolute atomic E-state index is 12.9. The third kappa shape index (κ3) is 5.32. The molecule has 0 radical (unpaired) electrons. The molecule has 2 atom stereocenters. The summed E-state index contributed by atoms with van der Waals surface area (Å²) in [6.07, 6.45) is 1.94. The third-order valence-electron chi connectivity index (χ3n) is 5.60. The SMILES string of the molecule is CCC(C)C(N)C(=O)Nc1ccc2c(c1)N(C(=O)Cc1cccc(OC)c1)CC2.Cl. The molecular formula is C23H30ClN3O3. The molecule has 1 heterocycles. The van der Waals surface area contributed by atoms with E-state index in [0.717, 1.165) is 35.4 Å². The van der Waals surface area contributed by atoms with Gasteiger partial charge in [0.05, 0.1) is 19.6 Å². The lowest BCUT2D eigenvalue weighted by Gasteiger charge is -2.20. The van der Waals surface area contributed by atoms with Gasteiger partial charge in [0.15, 0.2) is 0 Å². The average molecular weight is 432 g/mol. The van der Waals surface area contributed by atoms with Gasteiger partial charge in [0.1, 0.15) is 5.75 Å². The Bertz CT molecular complexity index is 903. The van der Waals surface area contributed by atoms with E-state index in [2.05, 4.69) is 5.32 Å². The van der Waals surface area contributed by atoms with Crippen molar-refractivity contribution >= 4 is 35.6 Å². The van der Waals surface area contributed by atoms with Crippen LogP contribution in [0.2, 0.25) is 0 Å². The predicted octanol–water partition coefficient (Wildman–Crippen LogP) is 3.56. The van der Waals surface area contributed by atoms with Crippen molar-refractivity contribution in [3.05, 3.63) is 53.6 Å². The van der Waals surface area contributed by atoms with Crippen molar-refractivity contribution in [1.29, 1.82) is 0 Å². The number of hydrogen-bond acceptors (Lipinski definition) is 4. The number of rotatable bonds is 7. The number of nitrogens with two attached hydrogens (primary N) is 1. The first-order valence-electron chi connectivity index (χ1n) is 10.1. The van der Waals surface area contributed by atoms with E-state index in [9.17, 15) is 9.59 Å². The van der Waals surface area contributed by atoms with Crippen molar-refractivity contribution < 1.29 is 14.3 Å². The number of carbonyl (C=O) groups excluding carboxylic acids is 2. The van der Waals surface area contributed by atoms with Crippen LogP contribution in [0.25, 0.3) is 0 Å². The maximum Gasteiger partial charge on any atom is 0.241 e. The first-order valence-corrected chi connectivity index (χ1v) is 10.1. The molecule has 0 saturated carbocycles. The zero-order valence-corrected chi connectivity index (χ0v) is 18.5. The van der Waals surface area contributed by atoms with Crippen molar-refractivity contribution in [2.75, 3.05) is 23.9 Å². The smallest absolute Gasteiger partial charge is 0.241 e. The fourth-order valence-corrected chi connectivity index (χ4v) is 3.51. The molecule has 0 saturated heterocycles. The van der Waals surface area contributed by atoms with E-state index in [1.54, 1.807) is 12.0 Å². The molecule has 1 aliphatic heterocycles. The number of nitrogens with zero attached hydrogens (tertiary/aromatic N) is 1. The molecule has 0 fully saturated rings. The van der Waals surface area contributed by atoms with E-state index in [1.165, 1.54) is 0 Å². The van der Waals surface area contributed by atoms with Crippen LogP contribution in [0.15, 0.2) is 42.5 Å². The first-order chi connectivity index (χ1) is 13.9. The summed E-state index contributed by atoms with van der Waals surface area (Å²) in [6, 6.07) is 12.7. The van der Waals surface area contributed by atoms with Gasteiger partial charge in [0.2, 0.25) is 11.8 Å². The number of methoxy groups -OCH3 is 1. The molecule has 30 heavy (non-hydrogen) atoms. The average Bonchev–Trinajstić information content (AvgIpc) is 3.16. The number of fused-ring (bicyclic) bond motifs is 1. The van der Waals surface area contributed by atoms with Gasteiger partial charge < -0.3 is 20.7 Å². The standard InChI is InChI=1S/C23H29N3O3.ClH/c1-4-15(2)22(24)23(28)25-18-9-8-17-10-11-26(20(17)14-18)21(27)13-16-6-5-7-19(12-16)29-3;/h5-9,12,14-15,22H,4,10-11,13,24H2,1-3H3,(H,25,28);1H. The van der Waals surface area contributed by atoms with Crippen molar-refractivity contribution in [1.82, 2.24) is 0 Å². The molecular weight excluding hydrogens is 402 g/mol. The second-order valence-corrected chi connectivity index (χ2v) is 7.57. The molecule has 7 heteroatoms. The molecule has 3 N–H and O–H groups in total. The van der Waals surface area contributed by atoms with Crippen LogP contribution in [0.1, 0.15) is 31.4 Å². The minimum absolute atomic E-state index is 0. The van der Waals surface area contributed by atoms with Crippen molar-refractivity contribution in [2.24, 2.45) is 11.7 Å². The van der Waals surface area contributed by atoms with E-state index in [4.69, 9.17) is 10.5 Å². The Hall–Kier alpha value is -2.57. The van der Waals surface area contributed by atoms with Crippen LogP contribution in [0, 0.1) is 5.92 Å². The van der Waals surface area contributed by atoms with Crippen LogP contribution in [-0.4, -0.2) is 31.5 Å². The van der Waals surface area contributed by atoms with Crippen molar-refractivity contribution in [2.45, 2.75) is 39.2 Å². The van der Waals surface area contributed by atoms with Gasteiger partial charge >= 0.3 is 0 Å². The van der Waals surface area contributed by atoms with E-state index < -0.39 is 6.04 Å². The molecule has 0 spiro atoms. The highest BCUT2D eigenvalue weighted by Crippen LogP contribution is 2.31. The Labute approximate surface area is 184 Å². The second kappa shape index (κ2) is 10.5. The van der Waals surface area contributed by atoms with Crippen LogP contribution in [0.4, 0.5) is 11.4 Å². The topological polar surface area (TPSA) is 84.7 Å². The molecule has 0 bridgehead atoms. The zero-order valence-electron chi connectivity index (χ0n) is 17.7. The van der Waals surface area contributed by atoms with Crippen LogP contribution in [0.3, 0.4) is 0 Å². The molecule has 2 amide bonds. The number of halogens is 1. The van der Waals surface area contributed by atoms with Gasteiger partial charge in [-0.25, -0.2) is 0 Å². The first kappa shape index (κ1) is 23.7. The molecule has 162 valence electrons. The normalized spacial score (nSPS) is 14.3. The van der Waals surface area contributed by atoms with Crippen LogP contribution >= 0.6 is 12.4 Å². The summed E-state index contributed by atoms with van der Waals surface area (Å²) in [6.45, 7) is 4.62. The molecule has 1 aliphatic rings. The van der Waals surface area contributed by atoms with Crippen LogP contribution in [0.5, 0.6) is 5.75 Å². The lowest BCUT2D eigenvalue weighted by Crippen LogP contribution is -2.40. The summed E-state index contributed by atoms with van der Waals surface area (Å²) in [5.41, 5.74) is 9.56. The Morgan fingerprint density at radius 3 is 2.70 bits per heavy atom. The van der Waals surface area contributed by atoms with Gasteiger partial charge in [-0.3, -0.25) is 9.59 Å². The molecule has 6 nitrogen and oxygen atoms in total. The predicted molar refractivity (Wildman–Crippen MR) is 123 cm³/mol. The minimum atomic E-state index is -0.556. The zero-order chi connectivity index (χ0) is 21.0. The minimum Gasteiger partial charge on any atom is -0.497 e. The molecule has 3 rings (SSSR count). The van der Waals surface area contributed by atoms with Crippen LogP contribution in [-0.2, 0) is 22.4 Å². The lowest BCUT2D eigenvalue weighted by molar-refractivity contribution is -0.118. The summed E-state index contributed by atoms with van der Waals surface area (Å²) in [5.74, 6) is 0.661. The Balaban J connectivity index is 0.00000320. The van der Waals surface area contributed by atoms with E-state index in [0.29, 0.717) is 18.7 Å². The highest BCUT2D eigenvalue weighted by Gasteiger charge is 2.26. The summed E-state index contributed by atoms with van der Waals surface area (Å²) >= 11 is 0. The number of hydrogen-bond donors (Lipinski definition) is 2. The Kier molecular flexibility index (Phi) is 8.26. The molecule has 2 aromatic rings. The molecule has 0 aromatic heterocycles. The van der Waals surface area contributed by atoms with Gasteiger partial charge in [-0.2, -0.15) is 0 Å². The summed E-state index contributed by atoms with van der Waals surface area (Å²) in [4.78, 5) is 27.1. The second-order valence-electron chi connectivity index (χ2n) is 7.57. The van der Waals surface area contributed by atoms with E-state index in [-0.39, 0.29) is 30.1 Å². The van der Waals surface area contributed by atoms with Gasteiger partial charge in [-0.15, -0.1) is 12.4 Å². The van der Waals surface area contributed by atoms with Gasteiger partial charge in [0, 0.05) is 17.9 Å². The lowest BCUT2D eigenvalue weighted by atomic mass is 9.99. The van der Waals surface area contributed by atoms with E-state index in [1.807, 2.05) is 56.3 Å². The summed E-state index contributed by atoms with van der Waals surface area (Å²) in [7, 11) is 1.61. The van der Waals surface area contributed by atoms with E-state index >= 15 is 0 Å². The monoisotopic (exact) mass is 431 g/mol. The number of amides is 2. The van der Waals surface area contributed by atoms with Gasteiger partial charge in [-0.05, 0) is 47.7 Å². The number of carbonyl (C=O) groups is 2. The molecule has 0 aliphatic carbocycles. The maximum atomic E-state index is 12.9. The summed E-state index contributed by atoms with van der Waals surface area (Å²) in [5, 5.41) is 2.89. The fourth-order valence-electron chi connectivity index (χ4n) is 3.51. The quantitative estimate of drug-likeness (QED) is 0.701. The highest BCUT2D eigenvalue weighted by atomic mass is 35.5.